The minimum Gasteiger partial charge on any atom is -0.493 e. The van der Waals surface area contributed by atoms with Gasteiger partial charge in [-0.2, -0.15) is 4.58 Å². The first-order chi connectivity index (χ1) is 26.2. The molecule has 0 N–H and O–H groups in total. The molecule has 0 bridgehead atoms. The number of allylic oxidation sites excluding steroid dienone is 7. The van der Waals surface area contributed by atoms with Crippen LogP contribution >= 0.6 is 0 Å². The minimum atomic E-state index is -0.151. The summed E-state index contributed by atoms with van der Waals surface area (Å²) >= 11 is 0. The molecule has 1 aliphatic carbocycles. The molecular weight excluding hydrogens is 663 g/mol. The number of likely N-dealkylation sites (N-methyl/N-ethyl adjacent to an activating group) is 1. The summed E-state index contributed by atoms with van der Waals surface area (Å²) in [6.45, 7) is 17.4. The molecule has 54 heavy (non-hydrogen) atoms. The van der Waals surface area contributed by atoms with Crippen molar-refractivity contribution in [3.63, 3.8) is 0 Å². The first kappa shape index (κ1) is 34.5. The van der Waals surface area contributed by atoms with Gasteiger partial charge in [0, 0.05) is 70.8 Å². The summed E-state index contributed by atoms with van der Waals surface area (Å²) in [5.74, 6) is 2.11. The summed E-state index contributed by atoms with van der Waals surface area (Å²) < 4.78 is 14.6. The van der Waals surface area contributed by atoms with Gasteiger partial charge in [-0.1, -0.05) is 62.4 Å². The lowest BCUT2D eigenvalue weighted by Gasteiger charge is -2.29. The van der Waals surface area contributed by atoms with E-state index < -0.39 is 0 Å². The molecule has 4 aliphatic heterocycles. The Kier molecular flexibility index (Phi) is 8.45. The van der Waals surface area contributed by atoms with Crippen LogP contribution in [0.2, 0.25) is 0 Å². The summed E-state index contributed by atoms with van der Waals surface area (Å²) in [5, 5.41) is 0. The van der Waals surface area contributed by atoms with E-state index in [1.165, 1.54) is 61.9 Å². The summed E-state index contributed by atoms with van der Waals surface area (Å²) in [5.41, 5.74) is 16.7. The molecule has 0 spiro atoms. The maximum absolute atomic E-state index is 6.04. The van der Waals surface area contributed by atoms with Gasteiger partial charge in [-0.3, -0.25) is 0 Å². The molecule has 9 rings (SSSR count). The Balaban J connectivity index is 1.18. The SMILES string of the molecule is CCN1C(=CC=C2CCC(C=CC3=[N+](CC)c4cc5c(cc4C3(C)C)OCC5)=C2N(c2ccccc2)c2ccccc2)C(C)(C)c2cc3c(cc21)CCO3. The Hall–Kier alpha value is -5.29. The van der Waals surface area contributed by atoms with Crippen LogP contribution in [0.4, 0.5) is 22.7 Å². The number of fused-ring (bicyclic) bond motifs is 4. The molecule has 4 heterocycles. The van der Waals surface area contributed by atoms with Gasteiger partial charge >= 0.3 is 0 Å². The fourth-order valence-corrected chi connectivity index (χ4v) is 9.61. The highest BCUT2D eigenvalue weighted by Crippen LogP contribution is 2.51. The molecule has 0 unspecified atom stereocenters. The van der Waals surface area contributed by atoms with Crippen molar-refractivity contribution >= 4 is 28.5 Å². The van der Waals surface area contributed by atoms with Crippen molar-refractivity contribution in [1.29, 1.82) is 0 Å². The smallest absolute Gasteiger partial charge is 0.210 e. The van der Waals surface area contributed by atoms with Crippen molar-refractivity contribution < 1.29 is 14.0 Å². The molecule has 0 saturated heterocycles. The van der Waals surface area contributed by atoms with Crippen molar-refractivity contribution in [2.75, 3.05) is 36.1 Å². The zero-order chi connectivity index (χ0) is 37.2. The quantitative estimate of drug-likeness (QED) is 0.170. The fourth-order valence-electron chi connectivity index (χ4n) is 9.61. The van der Waals surface area contributed by atoms with Crippen molar-refractivity contribution in [1.82, 2.24) is 0 Å². The second-order valence-corrected chi connectivity index (χ2v) is 16.2. The molecule has 274 valence electrons. The van der Waals surface area contributed by atoms with Crippen molar-refractivity contribution in [2.24, 2.45) is 0 Å². The summed E-state index contributed by atoms with van der Waals surface area (Å²) in [6, 6.07) is 31.1. The molecule has 4 aromatic rings. The molecule has 0 radical (unpaired) electrons. The second kappa shape index (κ2) is 13.2. The molecule has 4 aromatic carbocycles. The van der Waals surface area contributed by atoms with E-state index in [9.17, 15) is 0 Å². The van der Waals surface area contributed by atoms with Gasteiger partial charge in [0.1, 0.15) is 18.0 Å². The number of hydrogen-bond donors (Lipinski definition) is 0. The predicted octanol–water partition coefficient (Wildman–Crippen LogP) is 11.0. The van der Waals surface area contributed by atoms with E-state index in [0.29, 0.717) is 0 Å². The van der Waals surface area contributed by atoms with Crippen LogP contribution in [0.25, 0.3) is 0 Å². The van der Waals surface area contributed by atoms with Crippen molar-refractivity contribution in [2.45, 2.75) is 78.1 Å². The molecule has 0 atom stereocenters. The normalized spacial score (nSPS) is 20.5. The average molecular weight is 715 g/mol. The number of benzene rings is 4. The highest BCUT2D eigenvalue weighted by Gasteiger charge is 2.45. The van der Waals surface area contributed by atoms with E-state index in [1.54, 1.807) is 0 Å². The lowest BCUT2D eigenvalue weighted by molar-refractivity contribution is -0.433. The van der Waals surface area contributed by atoms with Crippen molar-refractivity contribution in [3.8, 4) is 11.5 Å². The van der Waals surface area contributed by atoms with E-state index in [4.69, 9.17) is 9.47 Å². The van der Waals surface area contributed by atoms with Gasteiger partial charge < -0.3 is 19.3 Å². The minimum absolute atomic E-state index is 0.151. The maximum atomic E-state index is 6.04. The van der Waals surface area contributed by atoms with Crippen LogP contribution in [0.1, 0.15) is 76.6 Å². The van der Waals surface area contributed by atoms with E-state index in [2.05, 4.69) is 165 Å². The van der Waals surface area contributed by atoms with Gasteiger partial charge in [-0.05, 0) is 111 Å². The lowest BCUT2D eigenvalue weighted by Crippen LogP contribution is -2.27. The monoisotopic (exact) mass is 714 g/mol. The molecule has 5 nitrogen and oxygen atoms in total. The Morgan fingerprint density at radius 2 is 1.33 bits per heavy atom. The van der Waals surface area contributed by atoms with Crippen molar-refractivity contribution in [3.05, 3.63) is 154 Å². The third kappa shape index (κ3) is 5.46. The summed E-state index contributed by atoms with van der Waals surface area (Å²) in [6.07, 6.45) is 13.6. The number of hydrogen-bond acceptors (Lipinski definition) is 4. The number of ether oxygens (including phenoxy) is 2. The molecule has 0 aromatic heterocycles. The highest BCUT2D eigenvalue weighted by atomic mass is 16.5. The van der Waals surface area contributed by atoms with Crippen LogP contribution in [0.3, 0.4) is 0 Å². The van der Waals surface area contributed by atoms with Gasteiger partial charge in [-0.15, -0.1) is 0 Å². The van der Waals surface area contributed by atoms with E-state index in [-0.39, 0.29) is 10.8 Å². The standard InChI is InChI=1S/C49H52N3O2/c1-7-50-41-29-35-25-27-53-43(35)31-39(41)48(3,4)45(50)23-21-33-19-20-34(47(33)52(37-15-11-9-12-16-37)38-17-13-10-14-18-38)22-24-46-49(5,6)40-32-44-36(26-28-54-44)30-42(40)51(46)8-2/h9-18,21-24,29-32H,7-8,19-20,25-28H2,1-6H3/q+1. The maximum Gasteiger partial charge on any atom is 0.210 e. The Morgan fingerprint density at radius 1 is 0.704 bits per heavy atom. The van der Waals surface area contributed by atoms with Gasteiger partial charge in [0.15, 0.2) is 5.71 Å². The molecule has 0 saturated carbocycles. The van der Waals surface area contributed by atoms with Crippen LogP contribution in [0.5, 0.6) is 11.5 Å². The average Bonchev–Trinajstić information content (AvgIpc) is 4.00. The topological polar surface area (TPSA) is 27.9 Å². The zero-order valence-electron chi connectivity index (χ0n) is 32.7. The molecule has 5 aliphatic rings. The van der Waals surface area contributed by atoms with Crippen LogP contribution in [0, 0.1) is 0 Å². The van der Waals surface area contributed by atoms with E-state index >= 15 is 0 Å². The third-order valence-electron chi connectivity index (χ3n) is 12.4. The number of rotatable bonds is 8. The van der Waals surface area contributed by atoms with Crippen LogP contribution in [0.15, 0.2) is 132 Å². The number of nitrogens with zero attached hydrogens (tertiary/aromatic N) is 3. The number of para-hydroxylation sites is 2. The highest BCUT2D eigenvalue weighted by molar-refractivity contribution is 6.03. The van der Waals surface area contributed by atoms with E-state index in [1.807, 2.05) is 0 Å². The Morgan fingerprint density at radius 3 is 1.96 bits per heavy atom. The number of anilines is 3. The first-order valence-corrected chi connectivity index (χ1v) is 20.0. The van der Waals surface area contributed by atoms with Gasteiger partial charge in [0.25, 0.3) is 0 Å². The Bertz CT molecular complexity index is 2270. The predicted molar refractivity (Wildman–Crippen MR) is 222 cm³/mol. The van der Waals surface area contributed by atoms with Gasteiger partial charge in [0.05, 0.1) is 24.3 Å². The Labute approximate surface area is 321 Å². The molecule has 5 heteroatoms. The van der Waals surface area contributed by atoms with Crippen LogP contribution in [-0.4, -0.2) is 36.6 Å². The lowest BCUT2D eigenvalue weighted by atomic mass is 9.80. The molecule has 0 amide bonds. The van der Waals surface area contributed by atoms with E-state index in [0.717, 1.165) is 74.9 Å². The second-order valence-electron chi connectivity index (χ2n) is 16.2. The summed E-state index contributed by atoms with van der Waals surface area (Å²) in [4.78, 5) is 5.00. The molecular formula is C49H52N3O2+. The van der Waals surface area contributed by atoms with Crippen LogP contribution in [-0.2, 0) is 23.7 Å². The van der Waals surface area contributed by atoms with Gasteiger partial charge in [0.2, 0.25) is 5.69 Å². The first-order valence-electron chi connectivity index (χ1n) is 20.0. The third-order valence-corrected chi connectivity index (χ3v) is 12.4. The largest absolute Gasteiger partial charge is 0.493 e. The molecule has 0 fully saturated rings. The van der Waals surface area contributed by atoms with Crippen LogP contribution < -0.4 is 19.3 Å². The zero-order valence-corrected chi connectivity index (χ0v) is 32.7. The summed E-state index contributed by atoms with van der Waals surface area (Å²) in [7, 11) is 0. The fraction of sp³-hybridized carbons (Fsp3) is 0.327. The van der Waals surface area contributed by atoms with Gasteiger partial charge in [-0.25, -0.2) is 0 Å².